The second kappa shape index (κ2) is 6.62. The van der Waals surface area contributed by atoms with Gasteiger partial charge in [0.1, 0.15) is 5.69 Å². The zero-order chi connectivity index (χ0) is 20.0. The molecule has 1 N–H and O–H groups in total. The molecule has 0 aliphatic carbocycles. The van der Waals surface area contributed by atoms with Crippen molar-refractivity contribution in [3.05, 3.63) is 41.5 Å². The molecule has 0 radical (unpaired) electrons. The summed E-state index contributed by atoms with van der Waals surface area (Å²) in [6.45, 7) is 1.34. The van der Waals surface area contributed by atoms with E-state index in [1.165, 1.54) is 6.07 Å². The van der Waals surface area contributed by atoms with Gasteiger partial charge in [-0.15, -0.1) is 0 Å². The number of likely N-dealkylation sites (N-methyl/N-ethyl adjacent to an activating group) is 1. The predicted molar refractivity (Wildman–Crippen MR) is 96.2 cm³/mol. The molecule has 0 atom stereocenters. The van der Waals surface area contributed by atoms with Crippen LogP contribution in [0, 0.1) is 0 Å². The molecule has 3 aromatic rings. The first-order chi connectivity index (χ1) is 14.1. The molecule has 2 amide bonds. The molecule has 0 saturated carbocycles. The fourth-order valence-electron chi connectivity index (χ4n) is 3.13. The van der Waals surface area contributed by atoms with E-state index < -0.39 is 5.91 Å². The van der Waals surface area contributed by atoms with Crippen molar-refractivity contribution >= 4 is 11.8 Å². The van der Waals surface area contributed by atoms with E-state index in [9.17, 15) is 9.59 Å². The van der Waals surface area contributed by atoms with Gasteiger partial charge in [0, 0.05) is 25.2 Å². The van der Waals surface area contributed by atoms with Gasteiger partial charge in [-0.1, -0.05) is 5.16 Å². The summed E-state index contributed by atoms with van der Waals surface area (Å²) in [5.74, 6) is 1.31. The first-order valence-electron chi connectivity index (χ1n) is 8.92. The van der Waals surface area contributed by atoms with Gasteiger partial charge in [0.05, 0.1) is 13.1 Å². The molecule has 0 bridgehead atoms. The van der Waals surface area contributed by atoms with Gasteiger partial charge in [0.25, 0.3) is 17.7 Å². The number of aromatic nitrogens is 4. The molecule has 0 unspecified atom stereocenters. The molecule has 4 heterocycles. The molecular weight excluding hydrogens is 380 g/mol. The standard InChI is InChI=1S/C18H16N6O5/c1-23-4-5-24-12(18(23)26)7-11(21-24)16(25)19-8-15-20-17(29-22-15)10-2-3-13-14(6-10)28-9-27-13/h2-3,6-7H,4-5,8-9H2,1H3,(H,19,25). The Hall–Kier alpha value is -3.89. The fourth-order valence-corrected chi connectivity index (χ4v) is 3.13. The Morgan fingerprint density at radius 2 is 2.07 bits per heavy atom. The van der Waals surface area contributed by atoms with E-state index in [-0.39, 0.29) is 24.9 Å². The summed E-state index contributed by atoms with van der Waals surface area (Å²) in [4.78, 5) is 30.4. The van der Waals surface area contributed by atoms with Crippen molar-refractivity contribution in [3.8, 4) is 23.0 Å². The Balaban J connectivity index is 1.26. The third-order valence-corrected chi connectivity index (χ3v) is 4.72. The van der Waals surface area contributed by atoms with Gasteiger partial charge in [-0.25, -0.2) is 0 Å². The van der Waals surface area contributed by atoms with Gasteiger partial charge in [0.2, 0.25) is 6.79 Å². The molecule has 0 saturated heterocycles. The van der Waals surface area contributed by atoms with Crippen LogP contribution in [0.5, 0.6) is 11.5 Å². The largest absolute Gasteiger partial charge is 0.454 e. The molecule has 2 aliphatic heterocycles. The Kier molecular flexibility index (Phi) is 3.93. The lowest BCUT2D eigenvalue weighted by Gasteiger charge is -2.22. The van der Waals surface area contributed by atoms with E-state index in [1.807, 2.05) is 0 Å². The number of fused-ring (bicyclic) bond motifs is 2. The van der Waals surface area contributed by atoms with Crippen molar-refractivity contribution in [1.82, 2.24) is 30.1 Å². The van der Waals surface area contributed by atoms with Gasteiger partial charge >= 0.3 is 0 Å². The highest BCUT2D eigenvalue weighted by atomic mass is 16.7. The molecule has 2 aliphatic rings. The van der Waals surface area contributed by atoms with Crippen LogP contribution in [0.2, 0.25) is 0 Å². The first kappa shape index (κ1) is 17.2. The van der Waals surface area contributed by atoms with Gasteiger partial charge < -0.3 is 24.2 Å². The lowest BCUT2D eigenvalue weighted by Crippen LogP contribution is -2.37. The third-order valence-electron chi connectivity index (χ3n) is 4.72. The topological polar surface area (TPSA) is 125 Å². The third kappa shape index (κ3) is 3.06. The van der Waals surface area contributed by atoms with Crippen molar-refractivity contribution in [3.63, 3.8) is 0 Å². The van der Waals surface area contributed by atoms with Crippen LogP contribution in [0.15, 0.2) is 28.8 Å². The number of rotatable bonds is 4. The zero-order valence-electron chi connectivity index (χ0n) is 15.4. The highest BCUT2D eigenvalue weighted by Crippen LogP contribution is 2.35. The SMILES string of the molecule is CN1CCn2nc(C(=O)NCc3noc(-c4ccc5c(c4)OCO5)n3)cc2C1=O. The highest BCUT2D eigenvalue weighted by molar-refractivity contribution is 5.98. The Bertz CT molecular complexity index is 1120. The summed E-state index contributed by atoms with van der Waals surface area (Å²) < 4.78 is 17.4. The summed E-state index contributed by atoms with van der Waals surface area (Å²) in [7, 11) is 1.71. The number of hydrogen-bond donors (Lipinski definition) is 1. The van der Waals surface area contributed by atoms with E-state index in [4.69, 9.17) is 14.0 Å². The van der Waals surface area contributed by atoms with Crippen molar-refractivity contribution in [1.29, 1.82) is 0 Å². The number of carbonyl (C=O) groups is 2. The summed E-state index contributed by atoms with van der Waals surface area (Å²) in [5.41, 5.74) is 1.25. The Morgan fingerprint density at radius 3 is 2.97 bits per heavy atom. The average molecular weight is 396 g/mol. The van der Waals surface area contributed by atoms with Gasteiger partial charge in [-0.3, -0.25) is 14.3 Å². The second-order valence-corrected chi connectivity index (χ2v) is 6.63. The van der Waals surface area contributed by atoms with E-state index in [2.05, 4.69) is 20.6 Å². The Morgan fingerprint density at radius 1 is 1.21 bits per heavy atom. The first-order valence-corrected chi connectivity index (χ1v) is 8.92. The fraction of sp³-hybridized carbons (Fsp3) is 0.278. The summed E-state index contributed by atoms with van der Waals surface area (Å²) >= 11 is 0. The molecule has 0 fully saturated rings. The summed E-state index contributed by atoms with van der Waals surface area (Å²) in [6, 6.07) is 6.79. The minimum absolute atomic E-state index is 0.0585. The lowest BCUT2D eigenvalue weighted by atomic mass is 10.2. The number of nitrogens with zero attached hydrogens (tertiary/aromatic N) is 5. The van der Waals surface area contributed by atoms with Crippen LogP contribution in [0.3, 0.4) is 0 Å². The normalized spacial score (nSPS) is 14.8. The maximum Gasteiger partial charge on any atom is 0.272 e. The minimum Gasteiger partial charge on any atom is -0.454 e. The van der Waals surface area contributed by atoms with Crippen molar-refractivity contribution in [2.24, 2.45) is 0 Å². The maximum atomic E-state index is 12.4. The quantitative estimate of drug-likeness (QED) is 0.683. The van der Waals surface area contributed by atoms with Gasteiger partial charge in [0.15, 0.2) is 23.0 Å². The smallest absolute Gasteiger partial charge is 0.272 e. The summed E-state index contributed by atoms with van der Waals surface area (Å²) in [6.07, 6.45) is 0. The van der Waals surface area contributed by atoms with Crippen molar-refractivity contribution in [2.45, 2.75) is 13.1 Å². The molecule has 1 aromatic carbocycles. The monoisotopic (exact) mass is 396 g/mol. The van der Waals surface area contributed by atoms with Crippen LogP contribution in [-0.4, -0.2) is 57.0 Å². The molecule has 2 aromatic heterocycles. The number of nitrogens with one attached hydrogen (secondary N) is 1. The highest BCUT2D eigenvalue weighted by Gasteiger charge is 2.25. The van der Waals surface area contributed by atoms with Crippen LogP contribution >= 0.6 is 0 Å². The van der Waals surface area contributed by atoms with E-state index in [0.717, 1.165) is 0 Å². The van der Waals surface area contributed by atoms with E-state index >= 15 is 0 Å². The van der Waals surface area contributed by atoms with Crippen LogP contribution in [0.25, 0.3) is 11.5 Å². The lowest BCUT2D eigenvalue weighted by molar-refractivity contribution is 0.0742. The van der Waals surface area contributed by atoms with E-state index in [0.29, 0.717) is 47.6 Å². The number of hydrogen-bond acceptors (Lipinski definition) is 8. The van der Waals surface area contributed by atoms with Crippen LogP contribution in [0.1, 0.15) is 26.8 Å². The molecule has 11 nitrogen and oxygen atoms in total. The maximum absolute atomic E-state index is 12.4. The van der Waals surface area contributed by atoms with Crippen LogP contribution in [0.4, 0.5) is 0 Å². The van der Waals surface area contributed by atoms with Gasteiger partial charge in [-0.2, -0.15) is 10.1 Å². The molecule has 29 heavy (non-hydrogen) atoms. The number of carbonyl (C=O) groups excluding carboxylic acids is 2. The zero-order valence-corrected chi connectivity index (χ0v) is 15.4. The molecule has 148 valence electrons. The molecule has 0 spiro atoms. The minimum atomic E-state index is -0.420. The van der Waals surface area contributed by atoms with Crippen LogP contribution in [-0.2, 0) is 13.1 Å². The molecule has 5 rings (SSSR count). The number of benzene rings is 1. The number of amides is 2. The second-order valence-electron chi connectivity index (χ2n) is 6.63. The number of ether oxygens (including phenoxy) is 2. The van der Waals surface area contributed by atoms with Crippen LogP contribution < -0.4 is 14.8 Å². The molecule has 11 heteroatoms. The predicted octanol–water partition coefficient (Wildman–Crippen LogP) is 0.677. The van der Waals surface area contributed by atoms with Crippen molar-refractivity contribution in [2.75, 3.05) is 20.4 Å². The molecular formula is C18H16N6O5. The van der Waals surface area contributed by atoms with E-state index in [1.54, 1.807) is 34.8 Å². The summed E-state index contributed by atoms with van der Waals surface area (Å²) in [5, 5.41) is 10.8. The van der Waals surface area contributed by atoms with Crippen molar-refractivity contribution < 1.29 is 23.6 Å². The van der Waals surface area contributed by atoms with Gasteiger partial charge in [-0.05, 0) is 18.2 Å². The average Bonchev–Trinajstić information content (AvgIpc) is 3.47. The Labute approximate surface area is 164 Å².